The predicted molar refractivity (Wildman–Crippen MR) is 80.2 cm³/mol. The second kappa shape index (κ2) is 5.65. The second-order valence-electron chi connectivity index (χ2n) is 6.03. The number of hydrogen-bond acceptors (Lipinski definition) is 2. The molecule has 1 N–H and O–H groups in total. The summed E-state index contributed by atoms with van der Waals surface area (Å²) in [7, 11) is 1.59. The fraction of sp³-hybridized carbons (Fsp3) is 0.562. The van der Waals surface area contributed by atoms with E-state index in [1.54, 1.807) is 25.3 Å². The molecule has 2 aliphatic carbocycles. The molecule has 4 heteroatoms. The maximum Gasteiger partial charge on any atom is 0.224 e. The molecule has 1 aromatic rings. The summed E-state index contributed by atoms with van der Waals surface area (Å²) in [4.78, 5) is 12.2. The number of methoxy groups -OCH3 is 1. The first-order valence-corrected chi connectivity index (χ1v) is 7.67. The Labute approximate surface area is 124 Å². The van der Waals surface area contributed by atoms with E-state index in [9.17, 15) is 4.79 Å². The van der Waals surface area contributed by atoms with Gasteiger partial charge in [0, 0.05) is 11.4 Å². The monoisotopic (exact) mass is 293 g/mol. The zero-order valence-electron chi connectivity index (χ0n) is 11.7. The molecule has 20 heavy (non-hydrogen) atoms. The van der Waals surface area contributed by atoms with Crippen LogP contribution in [-0.4, -0.2) is 13.0 Å². The first-order valence-electron chi connectivity index (χ1n) is 7.29. The van der Waals surface area contributed by atoms with Crippen LogP contribution in [-0.2, 0) is 4.79 Å². The van der Waals surface area contributed by atoms with Crippen molar-refractivity contribution in [1.29, 1.82) is 0 Å². The van der Waals surface area contributed by atoms with Crippen molar-refractivity contribution in [1.82, 2.24) is 0 Å². The quantitative estimate of drug-likeness (QED) is 0.907. The summed E-state index contributed by atoms with van der Waals surface area (Å²) in [5.41, 5.74) is 0.660. The summed E-state index contributed by atoms with van der Waals surface area (Å²) >= 11 is 5.97. The lowest BCUT2D eigenvalue weighted by Crippen LogP contribution is -2.20. The molecule has 2 saturated carbocycles. The molecule has 3 nitrogen and oxygen atoms in total. The molecule has 0 aromatic heterocycles. The van der Waals surface area contributed by atoms with Crippen LogP contribution in [0.5, 0.6) is 5.75 Å². The summed E-state index contributed by atoms with van der Waals surface area (Å²) in [6.07, 6.45) is 5.86. The van der Waals surface area contributed by atoms with E-state index in [2.05, 4.69) is 5.32 Å². The number of hydrogen-bond donors (Lipinski definition) is 1. The SMILES string of the molecule is COc1ccc(Cl)cc1NC(=O)C[C@@H]1C[C@H]2CC[C@H]1C2. The summed E-state index contributed by atoms with van der Waals surface area (Å²) < 4.78 is 5.25. The van der Waals surface area contributed by atoms with Gasteiger partial charge in [-0.15, -0.1) is 0 Å². The molecule has 2 fully saturated rings. The highest BCUT2D eigenvalue weighted by Gasteiger charge is 2.40. The third kappa shape index (κ3) is 2.78. The van der Waals surface area contributed by atoms with Gasteiger partial charge >= 0.3 is 0 Å². The summed E-state index contributed by atoms with van der Waals surface area (Å²) in [5, 5.41) is 3.54. The standard InChI is InChI=1S/C16H20ClNO2/c1-20-15-5-4-13(17)9-14(15)18-16(19)8-12-7-10-2-3-11(12)6-10/h4-5,9-12H,2-3,6-8H2,1H3,(H,18,19)/t10-,11-,12-/m0/s1. The van der Waals surface area contributed by atoms with Gasteiger partial charge in [0.1, 0.15) is 5.75 Å². The van der Waals surface area contributed by atoms with Gasteiger partial charge in [0.15, 0.2) is 0 Å². The summed E-state index contributed by atoms with van der Waals surface area (Å²) in [6.45, 7) is 0. The Morgan fingerprint density at radius 1 is 1.40 bits per heavy atom. The van der Waals surface area contributed by atoms with Gasteiger partial charge in [-0.2, -0.15) is 0 Å². The highest BCUT2D eigenvalue weighted by molar-refractivity contribution is 6.31. The lowest BCUT2D eigenvalue weighted by atomic mass is 9.86. The third-order valence-electron chi connectivity index (χ3n) is 4.77. The van der Waals surface area contributed by atoms with Crippen LogP contribution in [0.4, 0.5) is 5.69 Å². The van der Waals surface area contributed by atoms with Crippen LogP contribution in [0.25, 0.3) is 0 Å². The lowest BCUT2D eigenvalue weighted by Gasteiger charge is -2.21. The van der Waals surface area contributed by atoms with E-state index in [4.69, 9.17) is 16.3 Å². The number of amides is 1. The van der Waals surface area contributed by atoms with Crippen LogP contribution in [0.2, 0.25) is 5.02 Å². The molecule has 0 saturated heterocycles. The highest BCUT2D eigenvalue weighted by Crippen LogP contribution is 2.49. The minimum absolute atomic E-state index is 0.0723. The lowest BCUT2D eigenvalue weighted by molar-refractivity contribution is -0.117. The van der Waals surface area contributed by atoms with Crippen molar-refractivity contribution in [2.24, 2.45) is 17.8 Å². The Morgan fingerprint density at radius 2 is 2.25 bits per heavy atom. The summed E-state index contributed by atoms with van der Waals surface area (Å²) in [5.74, 6) is 2.93. The van der Waals surface area contributed by atoms with E-state index in [0.29, 0.717) is 28.8 Å². The largest absolute Gasteiger partial charge is 0.495 e. The minimum atomic E-state index is 0.0723. The van der Waals surface area contributed by atoms with Crippen molar-refractivity contribution in [3.8, 4) is 5.75 Å². The fourth-order valence-corrected chi connectivity index (χ4v) is 4.02. The molecule has 2 bridgehead atoms. The maximum atomic E-state index is 12.2. The van der Waals surface area contributed by atoms with Gasteiger partial charge in [-0.25, -0.2) is 0 Å². The fourth-order valence-electron chi connectivity index (χ4n) is 3.84. The van der Waals surface area contributed by atoms with Gasteiger partial charge in [-0.3, -0.25) is 4.79 Å². The molecular weight excluding hydrogens is 274 g/mol. The predicted octanol–water partition coefficient (Wildman–Crippen LogP) is 4.11. The van der Waals surface area contributed by atoms with Crippen LogP contribution in [0.15, 0.2) is 18.2 Å². The number of benzene rings is 1. The molecule has 0 radical (unpaired) electrons. The Kier molecular flexibility index (Phi) is 3.88. The zero-order valence-corrected chi connectivity index (χ0v) is 12.5. The summed E-state index contributed by atoms with van der Waals surface area (Å²) in [6, 6.07) is 5.26. The van der Waals surface area contributed by atoms with Gasteiger partial charge in [0.05, 0.1) is 12.8 Å². The number of ether oxygens (including phenoxy) is 1. The van der Waals surface area contributed by atoms with Gasteiger partial charge < -0.3 is 10.1 Å². The van der Waals surface area contributed by atoms with Gasteiger partial charge in [0.25, 0.3) is 0 Å². The van der Waals surface area contributed by atoms with Gasteiger partial charge in [-0.1, -0.05) is 18.0 Å². The minimum Gasteiger partial charge on any atom is -0.495 e. The molecule has 2 aliphatic rings. The molecule has 1 aromatic carbocycles. The Hall–Kier alpha value is -1.22. The maximum absolute atomic E-state index is 12.2. The van der Waals surface area contributed by atoms with E-state index < -0.39 is 0 Å². The Balaban J connectivity index is 1.63. The van der Waals surface area contributed by atoms with Crippen molar-refractivity contribution in [3.05, 3.63) is 23.2 Å². The van der Waals surface area contributed by atoms with Crippen molar-refractivity contribution in [2.75, 3.05) is 12.4 Å². The Bertz CT molecular complexity index is 517. The number of carbonyl (C=O) groups excluding carboxylic acids is 1. The van der Waals surface area contributed by atoms with Crippen molar-refractivity contribution in [2.45, 2.75) is 32.1 Å². The van der Waals surface area contributed by atoms with E-state index in [1.165, 1.54) is 25.7 Å². The topological polar surface area (TPSA) is 38.3 Å². The van der Waals surface area contributed by atoms with E-state index in [1.807, 2.05) is 0 Å². The smallest absolute Gasteiger partial charge is 0.224 e. The molecule has 0 unspecified atom stereocenters. The second-order valence-corrected chi connectivity index (χ2v) is 6.47. The van der Waals surface area contributed by atoms with Crippen LogP contribution < -0.4 is 10.1 Å². The third-order valence-corrected chi connectivity index (χ3v) is 5.00. The average Bonchev–Trinajstić information content (AvgIpc) is 3.01. The number of anilines is 1. The molecule has 1 amide bonds. The van der Waals surface area contributed by atoms with Gasteiger partial charge in [0.2, 0.25) is 5.91 Å². The zero-order chi connectivity index (χ0) is 14.1. The molecule has 108 valence electrons. The van der Waals surface area contributed by atoms with Crippen LogP contribution in [0.1, 0.15) is 32.1 Å². The van der Waals surface area contributed by atoms with Crippen molar-refractivity contribution >= 4 is 23.2 Å². The molecule has 0 spiro atoms. The number of rotatable bonds is 4. The molecular formula is C16H20ClNO2. The number of halogens is 1. The van der Waals surface area contributed by atoms with Gasteiger partial charge in [-0.05, 0) is 55.2 Å². The first-order chi connectivity index (χ1) is 9.65. The number of nitrogens with one attached hydrogen (secondary N) is 1. The van der Waals surface area contributed by atoms with Crippen LogP contribution in [0.3, 0.4) is 0 Å². The highest BCUT2D eigenvalue weighted by atomic mass is 35.5. The van der Waals surface area contributed by atoms with E-state index >= 15 is 0 Å². The molecule has 0 aliphatic heterocycles. The van der Waals surface area contributed by atoms with E-state index in [-0.39, 0.29) is 5.91 Å². The molecule has 3 atom stereocenters. The average molecular weight is 294 g/mol. The first kappa shape index (κ1) is 13.7. The van der Waals surface area contributed by atoms with Crippen LogP contribution >= 0.6 is 11.6 Å². The Morgan fingerprint density at radius 3 is 2.90 bits per heavy atom. The van der Waals surface area contributed by atoms with Crippen molar-refractivity contribution < 1.29 is 9.53 Å². The van der Waals surface area contributed by atoms with Crippen LogP contribution in [0, 0.1) is 17.8 Å². The van der Waals surface area contributed by atoms with E-state index in [0.717, 1.165) is 11.8 Å². The number of fused-ring (bicyclic) bond motifs is 2. The molecule has 0 heterocycles. The van der Waals surface area contributed by atoms with Crippen molar-refractivity contribution in [3.63, 3.8) is 0 Å². The normalized spacial score (nSPS) is 27.6. The molecule has 3 rings (SSSR count). The number of carbonyl (C=O) groups is 1.